The number of hydrogen-bond acceptors (Lipinski definition) is 4. The number of nitrogens with two attached hydrogens (primary N) is 1. The molecule has 7 heteroatoms. The number of rotatable bonds is 2. The van der Waals surface area contributed by atoms with Crippen LogP contribution < -0.4 is 15.4 Å². The maximum absolute atomic E-state index is 12.6. The molecule has 0 saturated carbocycles. The van der Waals surface area contributed by atoms with Crippen molar-refractivity contribution in [1.29, 1.82) is 0 Å². The molecule has 1 unspecified atom stereocenters. The Hall–Kier alpha value is -1.50. The number of anilines is 1. The van der Waals surface area contributed by atoms with Crippen molar-refractivity contribution < 1.29 is 17.9 Å². The molecule has 0 bridgehead atoms. The highest BCUT2D eigenvalue weighted by Gasteiger charge is 2.32. The molecule has 0 amide bonds. The number of hydrogen-bond donors (Lipinski definition) is 1. The third-order valence-electron chi connectivity index (χ3n) is 3.14. The first kappa shape index (κ1) is 13.9. The van der Waals surface area contributed by atoms with Gasteiger partial charge < -0.3 is 15.4 Å². The summed E-state index contributed by atoms with van der Waals surface area (Å²) >= 11 is 0. The first-order chi connectivity index (χ1) is 8.91. The number of methoxy groups -OCH3 is 1. The third-order valence-corrected chi connectivity index (χ3v) is 3.14. The highest BCUT2D eigenvalue weighted by atomic mass is 19.4. The van der Waals surface area contributed by atoms with Crippen molar-refractivity contribution in [3.8, 4) is 5.75 Å². The molecule has 19 heavy (non-hydrogen) atoms. The Bertz CT molecular complexity index is 450. The van der Waals surface area contributed by atoms with Crippen LogP contribution in [0.25, 0.3) is 0 Å². The average Bonchev–Trinajstić information content (AvgIpc) is 2.37. The molecule has 1 fully saturated rings. The van der Waals surface area contributed by atoms with Gasteiger partial charge in [-0.25, -0.2) is 4.98 Å². The van der Waals surface area contributed by atoms with Crippen LogP contribution in [0.5, 0.6) is 5.75 Å². The molecule has 0 radical (unpaired) electrons. The zero-order valence-corrected chi connectivity index (χ0v) is 10.6. The molecule has 1 aromatic heterocycles. The van der Waals surface area contributed by atoms with Gasteiger partial charge >= 0.3 is 6.18 Å². The summed E-state index contributed by atoms with van der Waals surface area (Å²) in [6, 6.07) is 0.991. The van der Waals surface area contributed by atoms with Gasteiger partial charge in [-0.05, 0) is 18.9 Å². The van der Waals surface area contributed by atoms with Gasteiger partial charge in [0, 0.05) is 25.3 Å². The standard InChI is InChI=1S/C12H16F3N3O/c1-19-10-5-8(12(13,14)15)6-17-11(10)18-4-2-3-9(16)7-18/h5-6,9H,2-4,7,16H2,1H3. The average molecular weight is 275 g/mol. The van der Waals surface area contributed by atoms with Crippen molar-refractivity contribution in [3.63, 3.8) is 0 Å². The Kier molecular flexibility index (Phi) is 3.84. The minimum atomic E-state index is -4.42. The maximum atomic E-state index is 12.6. The lowest BCUT2D eigenvalue weighted by Gasteiger charge is -2.32. The quantitative estimate of drug-likeness (QED) is 0.897. The molecule has 1 aromatic rings. The topological polar surface area (TPSA) is 51.4 Å². The molecule has 1 aliphatic rings. The van der Waals surface area contributed by atoms with Crippen molar-refractivity contribution >= 4 is 5.82 Å². The van der Waals surface area contributed by atoms with E-state index in [9.17, 15) is 13.2 Å². The Morgan fingerprint density at radius 2 is 2.21 bits per heavy atom. The van der Waals surface area contributed by atoms with E-state index in [1.54, 1.807) is 0 Å². The van der Waals surface area contributed by atoms with Gasteiger partial charge in [0.25, 0.3) is 0 Å². The van der Waals surface area contributed by atoms with Gasteiger partial charge in [-0.15, -0.1) is 0 Å². The highest BCUT2D eigenvalue weighted by molar-refractivity contribution is 5.54. The second-order valence-corrected chi connectivity index (χ2v) is 4.60. The van der Waals surface area contributed by atoms with Crippen LogP contribution in [0.3, 0.4) is 0 Å². The fraction of sp³-hybridized carbons (Fsp3) is 0.583. The van der Waals surface area contributed by atoms with E-state index in [4.69, 9.17) is 10.5 Å². The monoisotopic (exact) mass is 275 g/mol. The van der Waals surface area contributed by atoms with Crippen LogP contribution in [-0.2, 0) is 6.18 Å². The number of pyridine rings is 1. The number of nitrogens with zero attached hydrogens (tertiary/aromatic N) is 2. The summed E-state index contributed by atoms with van der Waals surface area (Å²) in [5, 5.41) is 0. The summed E-state index contributed by atoms with van der Waals surface area (Å²) in [5.74, 6) is 0.551. The Morgan fingerprint density at radius 1 is 1.47 bits per heavy atom. The molecular weight excluding hydrogens is 259 g/mol. The van der Waals surface area contributed by atoms with E-state index < -0.39 is 11.7 Å². The number of piperidine rings is 1. The normalized spacial score (nSPS) is 20.5. The molecule has 0 aromatic carbocycles. The van der Waals surface area contributed by atoms with Gasteiger partial charge in [0.2, 0.25) is 0 Å². The van der Waals surface area contributed by atoms with Gasteiger partial charge in [0.05, 0.1) is 12.7 Å². The lowest BCUT2D eigenvalue weighted by molar-refractivity contribution is -0.137. The van der Waals surface area contributed by atoms with Crippen LogP contribution in [0.4, 0.5) is 19.0 Å². The molecule has 1 aliphatic heterocycles. The number of aromatic nitrogens is 1. The zero-order chi connectivity index (χ0) is 14.0. The summed E-state index contributed by atoms with van der Waals surface area (Å²) in [6.07, 6.45) is -1.78. The van der Waals surface area contributed by atoms with Crippen LogP contribution in [0.1, 0.15) is 18.4 Å². The summed E-state index contributed by atoms with van der Waals surface area (Å²) in [7, 11) is 1.34. The second-order valence-electron chi connectivity index (χ2n) is 4.60. The molecule has 2 heterocycles. The van der Waals surface area contributed by atoms with Gasteiger partial charge in [-0.3, -0.25) is 0 Å². The third kappa shape index (κ3) is 3.09. The van der Waals surface area contributed by atoms with Crippen LogP contribution in [0.2, 0.25) is 0 Å². The van der Waals surface area contributed by atoms with Crippen LogP contribution in [0.15, 0.2) is 12.3 Å². The van der Waals surface area contributed by atoms with E-state index in [1.165, 1.54) is 7.11 Å². The van der Waals surface area contributed by atoms with Gasteiger partial charge in [-0.1, -0.05) is 0 Å². The van der Waals surface area contributed by atoms with Crippen LogP contribution in [-0.4, -0.2) is 31.2 Å². The van der Waals surface area contributed by atoms with E-state index >= 15 is 0 Å². The number of halogens is 3. The molecule has 106 valence electrons. The Labute approximate surface area is 109 Å². The van der Waals surface area contributed by atoms with Gasteiger partial charge in [0.1, 0.15) is 0 Å². The molecule has 2 rings (SSSR count). The predicted octanol–water partition coefficient (Wildman–Crippen LogP) is 2.04. The van der Waals surface area contributed by atoms with Crippen LogP contribution >= 0.6 is 0 Å². The van der Waals surface area contributed by atoms with E-state index in [-0.39, 0.29) is 11.8 Å². The lowest BCUT2D eigenvalue weighted by Crippen LogP contribution is -2.43. The van der Waals surface area contributed by atoms with E-state index in [0.717, 1.165) is 31.6 Å². The first-order valence-corrected chi connectivity index (χ1v) is 6.03. The number of alkyl halides is 3. The second kappa shape index (κ2) is 5.24. The molecule has 2 N–H and O–H groups in total. The summed E-state index contributed by atoms with van der Waals surface area (Å²) in [5.41, 5.74) is 5.05. The van der Waals surface area contributed by atoms with Crippen molar-refractivity contribution in [2.24, 2.45) is 5.73 Å². The van der Waals surface area contributed by atoms with E-state index in [1.807, 2.05) is 4.90 Å². The Balaban J connectivity index is 2.30. The lowest BCUT2D eigenvalue weighted by atomic mass is 10.1. The highest BCUT2D eigenvalue weighted by Crippen LogP contribution is 2.35. The molecule has 4 nitrogen and oxygen atoms in total. The fourth-order valence-electron chi connectivity index (χ4n) is 2.18. The van der Waals surface area contributed by atoms with Crippen molar-refractivity contribution in [2.45, 2.75) is 25.1 Å². The summed E-state index contributed by atoms with van der Waals surface area (Å²) in [4.78, 5) is 5.77. The van der Waals surface area contributed by atoms with Gasteiger partial charge in [0.15, 0.2) is 11.6 Å². The van der Waals surface area contributed by atoms with Crippen molar-refractivity contribution in [1.82, 2.24) is 4.98 Å². The van der Waals surface area contributed by atoms with Crippen LogP contribution in [0, 0.1) is 0 Å². The Morgan fingerprint density at radius 3 is 2.79 bits per heavy atom. The van der Waals surface area contributed by atoms with E-state index in [2.05, 4.69) is 4.98 Å². The summed E-state index contributed by atoms with van der Waals surface area (Å²) in [6.45, 7) is 1.30. The van der Waals surface area contributed by atoms with Gasteiger partial charge in [-0.2, -0.15) is 13.2 Å². The minimum absolute atomic E-state index is 0.0162. The minimum Gasteiger partial charge on any atom is -0.493 e. The molecule has 0 aliphatic carbocycles. The zero-order valence-electron chi connectivity index (χ0n) is 10.6. The van der Waals surface area contributed by atoms with Crippen molar-refractivity contribution in [2.75, 3.05) is 25.1 Å². The first-order valence-electron chi connectivity index (χ1n) is 6.03. The largest absolute Gasteiger partial charge is 0.493 e. The molecule has 1 atom stereocenters. The molecule has 0 spiro atoms. The van der Waals surface area contributed by atoms with Crippen molar-refractivity contribution in [3.05, 3.63) is 17.8 Å². The maximum Gasteiger partial charge on any atom is 0.418 e. The molecule has 1 saturated heterocycles. The van der Waals surface area contributed by atoms with E-state index in [0.29, 0.717) is 12.4 Å². The molecular formula is C12H16F3N3O. The fourth-order valence-corrected chi connectivity index (χ4v) is 2.18. The predicted molar refractivity (Wildman–Crippen MR) is 65.2 cm³/mol. The number of ether oxygens (including phenoxy) is 1. The SMILES string of the molecule is COc1cc(C(F)(F)F)cnc1N1CCCC(N)C1. The smallest absolute Gasteiger partial charge is 0.418 e. The summed E-state index contributed by atoms with van der Waals surface area (Å²) < 4.78 is 42.9.